The first kappa shape index (κ1) is 14.9. The molecule has 1 fully saturated rings. The molecular formula is C19H20N4O. The van der Waals surface area contributed by atoms with Crippen molar-refractivity contribution in [2.24, 2.45) is 0 Å². The number of rotatable bonds is 2. The Morgan fingerprint density at radius 1 is 1.00 bits per heavy atom. The van der Waals surface area contributed by atoms with E-state index in [9.17, 15) is 4.79 Å². The number of nitrogens with zero attached hydrogens (tertiary/aromatic N) is 4. The fourth-order valence-corrected chi connectivity index (χ4v) is 3.17. The van der Waals surface area contributed by atoms with Gasteiger partial charge in [-0.25, -0.2) is 9.97 Å². The van der Waals surface area contributed by atoms with Crippen molar-refractivity contribution in [2.75, 3.05) is 18.0 Å². The molecule has 122 valence electrons. The van der Waals surface area contributed by atoms with Crippen LogP contribution in [0, 0.1) is 6.92 Å². The summed E-state index contributed by atoms with van der Waals surface area (Å²) in [6.07, 6.45) is 7.08. The zero-order chi connectivity index (χ0) is 16.5. The maximum Gasteiger partial charge on any atom is 0.266 e. The van der Waals surface area contributed by atoms with Crippen LogP contribution in [0.25, 0.3) is 16.6 Å². The molecule has 1 aliphatic rings. The molecule has 0 radical (unpaired) electrons. The summed E-state index contributed by atoms with van der Waals surface area (Å²) in [6, 6.07) is 9.80. The van der Waals surface area contributed by atoms with Crippen LogP contribution in [0.15, 0.2) is 47.5 Å². The average Bonchev–Trinajstić information content (AvgIpc) is 2.63. The summed E-state index contributed by atoms with van der Waals surface area (Å²) >= 11 is 0. The average molecular weight is 320 g/mol. The number of anilines is 1. The lowest BCUT2D eigenvalue weighted by molar-refractivity contribution is 0.569. The van der Waals surface area contributed by atoms with E-state index in [4.69, 9.17) is 0 Å². The molecule has 4 rings (SSSR count). The summed E-state index contributed by atoms with van der Waals surface area (Å²) in [5.41, 5.74) is 2.65. The molecule has 3 aromatic rings. The molecule has 5 nitrogen and oxygen atoms in total. The molecule has 0 unspecified atom stereocenters. The Morgan fingerprint density at radius 2 is 1.75 bits per heavy atom. The Morgan fingerprint density at radius 3 is 2.50 bits per heavy atom. The molecule has 0 aliphatic carbocycles. The van der Waals surface area contributed by atoms with Crippen molar-refractivity contribution < 1.29 is 0 Å². The van der Waals surface area contributed by atoms with E-state index >= 15 is 0 Å². The summed E-state index contributed by atoms with van der Waals surface area (Å²) in [4.78, 5) is 24.0. The number of hydrogen-bond acceptors (Lipinski definition) is 4. The van der Waals surface area contributed by atoms with E-state index in [0.717, 1.165) is 24.7 Å². The number of hydrogen-bond donors (Lipinski definition) is 0. The van der Waals surface area contributed by atoms with Crippen LogP contribution >= 0.6 is 0 Å². The summed E-state index contributed by atoms with van der Waals surface area (Å²) in [6.45, 7) is 4.01. The Kier molecular flexibility index (Phi) is 3.76. The third-order valence-electron chi connectivity index (χ3n) is 4.59. The van der Waals surface area contributed by atoms with Gasteiger partial charge in [-0.3, -0.25) is 9.36 Å². The van der Waals surface area contributed by atoms with Crippen molar-refractivity contribution >= 4 is 16.9 Å². The molecule has 0 amide bonds. The monoisotopic (exact) mass is 320 g/mol. The van der Waals surface area contributed by atoms with E-state index in [1.165, 1.54) is 24.8 Å². The third kappa shape index (κ3) is 2.66. The Bertz CT molecular complexity index is 924. The minimum atomic E-state index is -0.0819. The highest BCUT2D eigenvalue weighted by Gasteiger charge is 2.15. The first-order chi connectivity index (χ1) is 11.7. The molecule has 1 aromatic carbocycles. The van der Waals surface area contributed by atoms with Gasteiger partial charge in [0.1, 0.15) is 0 Å². The SMILES string of the molecule is Cc1ccc(-n2ccc3nc(N4CCCCC4)ncc3c2=O)cc1. The van der Waals surface area contributed by atoms with Gasteiger partial charge in [0.2, 0.25) is 5.95 Å². The highest BCUT2D eigenvalue weighted by atomic mass is 16.1. The van der Waals surface area contributed by atoms with E-state index in [0.29, 0.717) is 10.9 Å². The van der Waals surface area contributed by atoms with Crippen LogP contribution in [0.1, 0.15) is 24.8 Å². The standard InChI is InChI=1S/C19H20N4O/c1-14-5-7-15(8-6-14)23-12-9-17-16(18(23)24)13-20-19(21-17)22-10-3-2-4-11-22/h5-9,12-13H,2-4,10-11H2,1H3. The van der Waals surface area contributed by atoms with E-state index in [-0.39, 0.29) is 5.56 Å². The number of fused-ring (bicyclic) bond motifs is 1. The topological polar surface area (TPSA) is 51.0 Å². The van der Waals surface area contributed by atoms with Crippen molar-refractivity contribution in [2.45, 2.75) is 26.2 Å². The number of aryl methyl sites for hydroxylation is 1. The lowest BCUT2D eigenvalue weighted by Crippen LogP contribution is -2.31. The van der Waals surface area contributed by atoms with Crippen molar-refractivity contribution in [3.8, 4) is 5.69 Å². The van der Waals surface area contributed by atoms with Gasteiger partial charge in [0.25, 0.3) is 5.56 Å². The summed E-state index contributed by atoms with van der Waals surface area (Å²) in [7, 11) is 0. The Labute approximate surface area is 140 Å². The highest BCUT2D eigenvalue weighted by Crippen LogP contribution is 2.18. The summed E-state index contributed by atoms with van der Waals surface area (Å²) < 4.78 is 1.64. The minimum Gasteiger partial charge on any atom is -0.341 e. The molecule has 0 saturated carbocycles. The summed E-state index contributed by atoms with van der Waals surface area (Å²) in [5.74, 6) is 0.731. The van der Waals surface area contributed by atoms with Crippen LogP contribution in [0.5, 0.6) is 0 Å². The van der Waals surface area contributed by atoms with E-state index in [1.54, 1.807) is 17.0 Å². The van der Waals surface area contributed by atoms with Crippen LogP contribution in [0.4, 0.5) is 5.95 Å². The van der Waals surface area contributed by atoms with Crippen LogP contribution in [-0.2, 0) is 0 Å². The molecule has 24 heavy (non-hydrogen) atoms. The molecule has 1 saturated heterocycles. The normalized spacial score (nSPS) is 15.0. The van der Waals surface area contributed by atoms with Gasteiger partial charge < -0.3 is 4.90 Å². The maximum atomic E-state index is 12.8. The van der Waals surface area contributed by atoms with Crippen molar-refractivity contribution in [1.82, 2.24) is 14.5 Å². The predicted molar refractivity (Wildman–Crippen MR) is 95.9 cm³/mol. The van der Waals surface area contributed by atoms with Crippen molar-refractivity contribution in [3.63, 3.8) is 0 Å². The van der Waals surface area contributed by atoms with E-state index < -0.39 is 0 Å². The van der Waals surface area contributed by atoms with Gasteiger partial charge in [0.05, 0.1) is 10.9 Å². The number of aromatic nitrogens is 3. The number of pyridine rings is 1. The number of benzene rings is 1. The quantitative estimate of drug-likeness (QED) is 0.728. The van der Waals surface area contributed by atoms with Gasteiger partial charge in [-0.05, 0) is 44.4 Å². The third-order valence-corrected chi connectivity index (χ3v) is 4.59. The molecular weight excluding hydrogens is 300 g/mol. The molecule has 1 aliphatic heterocycles. The van der Waals surface area contributed by atoms with Gasteiger partial charge >= 0.3 is 0 Å². The predicted octanol–water partition coefficient (Wildman–Crippen LogP) is 3.08. The smallest absolute Gasteiger partial charge is 0.266 e. The van der Waals surface area contributed by atoms with Crippen LogP contribution in [0.3, 0.4) is 0 Å². The highest BCUT2D eigenvalue weighted by molar-refractivity contribution is 5.78. The maximum absolute atomic E-state index is 12.8. The Hall–Kier alpha value is -2.69. The molecule has 0 bridgehead atoms. The van der Waals surface area contributed by atoms with Crippen molar-refractivity contribution in [1.29, 1.82) is 0 Å². The van der Waals surface area contributed by atoms with Gasteiger partial charge in [-0.2, -0.15) is 0 Å². The first-order valence-electron chi connectivity index (χ1n) is 8.43. The minimum absolute atomic E-state index is 0.0819. The summed E-state index contributed by atoms with van der Waals surface area (Å²) in [5, 5.41) is 0.554. The molecule has 0 N–H and O–H groups in total. The molecule has 0 atom stereocenters. The fourth-order valence-electron chi connectivity index (χ4n) is 3.17. The van der Waals surface area contributed by atoms with Gasteiger partial charge in [0.15, 0.2) is 0 Å². The second kappa shape index (κ2) is 6.07. The molecule has 2 aromatic heterocycles. The van der Waals surface area contributed by atoms with Crippen LogP contribution in [-0.4, -0.2) is 27.6 Å². The largest absolute Gasteiger partial charge is 0.341 e. The van der Waals surface area contributed by atoms with Gasteiger partial charge in [-0.1, -0.05) is 17.7 Å². The first-order valence-corrected chi connectivity index (χ1v) is 8.43. The van der Waals surface area contributed by atoms with Gasteiger partial charge in [-0.15, -0.1) is 0 Å². The lowest BCUT2D eigenvalue weighted by atomic mass is 10.1. The number of piperidine rings is 1. The van der Waals surface area contributed by atoms with E-state index in [2.05, 4.69) is 14.9 Å². The fraction of sp³-hybridized carbons (Fsp3) is 0.316. The van der Waals surface area contributed by atoms with Crippen molar-refractivity contribution in [3.05, 3.63) is 58.6 Å². The van der Waals surface area contributed by atoms with E-state index in [1.807, 2.05) is 37.3 Å². The van der Waals surface area contributed by atoms with Crippen LogP contribution < -0.4 is 10.5 Å². The molecule has 0 spiro atoms. The zero-order valence-electron chi connectivity index (χ0n) is 13.8. The molecule has 3 heterocycles. The van der Waals surface area contributed by atoms with Crippen LogP contribution in [0.2, 0.25) is 0 Å². The second-order valence-electron chi connectivity index (χ2n) is 6.34. The molecule has 5 heteroatoms. The lowest BCUT2D eigenvalue weighted by Gasteiger charge is -2.26. The van der Waals surface area contributed by atoms with Gasteiger partial charge in [0, 0.05) is 31.2 Å². The Balaban J connectivity index is 1.76. The zero-order valence-corrected chi connectivity index (χ0v) is 13.8. The second-order valence-corrected chi connectivity index (χ2v) is 6.34.